The van der Waals surface area contributed by atoms with E-state index in [0.717, 1.165) is 18.7 Å². The minimum atomic E-state index is -0.339. The highest BCUT2D eigenvalue weighted by Gasteiger charge is 2.30. The van der Waals surface area contributed by atoms with E-state index in [2.05, 4.69) is 11.8 Å². The molecule has 19 heavy (non-hydrogen) atoms. The Kier molecular flexibility index (Phi) is 4.30. The molecule has 0 aliphatic heterocycles. The van der Waals surface area contributed by atoms with E-state index >= 15 is 0 Å². The Labute approximate surface area is 114 Å². The van der Waals surface area contributed by atoms with Crippen molar-refractivity contribution < 1.29 is 9.53 Å². The first-order valence-corrected chi connectivity index (χ1v) is 7.01. The van der Waals surface area contributed by atoms with E-state index in [9.17, 15) is 4.79 Å². The van der Waals surface area contributed by atoms with Crippen molar-refractivity contribution >= 4 is 17.3 Å². The molecule has 0 radical (unpaired) electrons. The number of rotatable bonds is 6. The number of carbonyl (C=O) groups is 1. The summed E-state index contributed by atoms with van der Waals surface area (Å²) in [7, 11) is 0. The van der Waals surface area contributed by atoms with Crippen molar-refractivity contribution in [1.82, 2.24) is 0 Å². The van der Waals surface area contributed by atoms with Crippen LogP contribution in [-0.4, -0.2) is 25.2 Å². The molecule has 0 aromatic heterocycles. The number of esters is 1. The molecule has 0 amide bonds. The molecule has 1 aromatic carbocycles. The van der Waals surface area contributed by atoms with E-state index in [-0.39, 0.29) is 5.97 Å². The highest BCUT2D eigenvalue weighted by molar-refractivity contribution is 5.98. The number of benzene rings is 1. The molecule has 104 valence electrons. The molecule has 2 rings (SSSR count). The lowest BCUT2D eigenvalue weighted by Crippen LogP contribution is -2.27. The zero-order chi connectivity index (χ0) is 13.8. The lowest BCUT2D eigenvalue weighted by molar-refractivity contribution is 0.0527. The fourth-order valence-electron chi connectivity index (χ4n) is 2.32. The molecule has 1 aliphatic rings. The van der Waals surface area contributed by atoms with Gasteiger partial charge in [0.15, 0.2) is 0 Å². The average Bonchev–Trinajstić information content (AvgIpc) is 3.21. The minimum Gasteiger partial charge on any atom is -0.462 e. The molecule has 0 spiro atoms. The summed E-state index contributed by atoms with van der Waals surface area (Å²) in [5, 5.41) is 0. The smallest absolute Gasteiger partial charge is 0.340 e. The van der Waals surface area contributed by atoms with Crippen LogP contribution in [0, 0.1) is 0 Å². The van der Waals surface area contributed by atoms with Crippen molar-refractivity contribution in [3.63, 3.8) is 0 Å². The third-order valence-electron chi connectivity index (χ3n) is 3.34. The van der Waals surface area contributed by atoms with Gasteiger partial charge in [-0.15, -0.1) is 0 Å². The third kappa shape index (κ3) is 3.00. The van der Waals surface area contributed by atoms with E-state index < -0.39 is 0 Å². The number of carbonyl (C=O) groups excluding carboxylic acids is 1. The number of nitrogens with zero attached hydrogens (tertiary/aromatic N) is 1. The fourth-order valence-corrected chi connectivity index (χ4v) is 2.32. The lowest BCUT2D eigenvalue weighted by Gasteiger charge is -2.26. The minimum absolute atomic E-state index is 0.339. The molecule has 4 heteroatoms. The number of hydrogen-bond acceptors (Lipinski definition) is 4. The van der Waals surface area contributed by atoms with Crippen LogP contribution in [0.15, 0.2) is 18.2 Å². The Balaban J connectivity index is 2.29. The second-order valence-corrected chi connectivity index (χ2v) is 4.88. The summed E-state index contributed by atoms with van der Waals surface area (Å²) in [6, 6.07) is 6.18. The average molecular weight is 262 g/mol. The number of para-hydroxylation sites is 1. The molecule has 0 bridgehead atoms. The summed E-state index contributed by atoms with van der Waals surface area (Å²) < 4.78 is 5.04. The predicted octanol–water partition coefficient (Wildman–Crippen LogP) is 2.82. The van der Waals surface area contributed by atoms with E-state index in [4.69, 9.17) is 10.5 Å². The van der Waals surface area contributed by atoms with Crippen LogP contribution in [0.1, 0.15) is 43.5 Å². The first kappa shape index (κ1) is 13.7. The van der Waals surface area contributed by atoms with Gasteiger partial charge in [-0.25, -0.2) is 4.79 Å². The monoisotopic (exact) mass is 262 g/mol. The van der Waals surface area contributed by atoms with Gasteiger partial charge in [-0.2, -0.15) is 0 Å². The van der Waals surface area contributed by atoms with Gasteiger partial charge in [-0.05, 0) is 38.3 Å². The molecule has 4 nitrogen and oxygen atoms in total. The number of nitrogens with two attached hydrogens (primary N) is 1. The molecule has 1 aromatic rings. The molecule has 0 unspecified atom stereocenters. The molecule has 1 saturated carbocycles. The van der Waals surface area contributed by atoms with Gasteiger partial charge in [-0.1, -0.05) is 13.0 Å². The fraction of sp³-hybridized carbons (Fsp3) is 0.533. The van der Waals surface area contributed by atoms with Gasteiger partial charge in [0.25, 0.3) is 0 Å². The normalized spacial score (nSPS) is 14.2. The second kappa shape index (κ2) is 5.95. The molecule has 0 atom stereocenters. The Bertz CT molecular complexity index is 455. The van der Waals surface area contributed by atoms with Crippen molar-refractivity contribution in [3.05, 3.63) is 23.8 Å². The van der Waals surface area contributed by atoms with Gasteiger partial charge >= 0.3 is 5.97 Å². The van der Waals surface area contributed by atoms with Crippen molar-refractivity contribution in [2.24, 2.45) is 0 Å². The van der Waals surface area contributed by atoms with Crippen molar-refractivity contribution in [3.8, 4) is 0 Å². The zero-order valence-electron chi connectivity index (χ0n) is 11.7. The Morgan fingerprint density at radius 3 is 2.74 bits per heavy atom. The summed E-state index contributed by atoms with van der Waals surface area (Å²) in [6.07, 6.45) is 3.49. The highest BCUT2D eigenvalue weighted by atomic mass is 16.5. The molecule has 0 heterocycles. The SMILES string of the molecule is CCCN(c1cccc(C(=O)OCC)c1N)C1CC1. The van der Waals surface area contributed by atoms with Gasteiger partial charge < -0.3 is 15.4 Å². The number of hydrogen-bond donors (Lipinski definition) is 1. The van der Waals surface area contributed by atoms with Crippen LogP contribution in [0.2, 0.25) is 0 Å². The van der Waals surface area contributed by atoms with Crippen LogP contribution in [0.3, 0.4) is 0 Å². The van der Waals surface area contributed by atoms with Gasteiger partial charge in [-0.3, -0.25) is 0 Å². The van der Waals surface area contributed by atoms with Crippen LogP contribution in [0.4, 0.5) is 11.4 Å². The summed E-state index contributed by atoms with van der Waals surface area (Å²) >= 11 is 0. The second-order valence-electron chi connectivity index (χ2n) is 4.88. The number of ether oxygens (including phenoxy) is 1. The first-order chi connectivity index (χ1) is 9.19. The molecule has 0 saturated heterocycles. The Morgan fingerprint density at radius 1 is 1.42 bits per heavy atom. The quantitative estimate of drug-likeness (QED) is 0.632. The maximum absolute atomic E-state index is 11.9. The maximum Gasteiger partial charge on any atom is 0.340 e. The summed E-state index contributed by atoms with van der Waals surface area (Å²) in [5.74, 6) is -0.339. The van der Waals surface area contributed by atoms with E-state index in [1.165, 1.54) is 12.8 Å². The molecule has 1 aliphatic carbocycles. The largest absolute Gasteiger partial charge is 0.462 e. The Hall–Kier alpha value is -1.71. The summed E-state index contributed by atoms with van der Waals surface area (Å²) in [6.45, 7) is 5.29. The summed E-state index contributed by atoms with van der Waals surface area (Å²) in [4.78, 5) is 14.2. The van der Waals surface area contributed by atoms with Gasteiger partial charge in [0.2, 0.25) is 0 Å². The van der Waals surface area contributed by atoms with Gasteiger partial charge in [0, 0.05) is 12.6 Å². The van der Waals surface area contributed by atoms with Crippen LogP contribution in [-0.2, 0) is 4.74 Å². The van der Waals surface area contributed by atoms with Crippen LogP contribution in [0.5, 0.6) is 0 Å². The molecule has 1 fully saturated rings. The van der Waals surface area contributed by atoms with Crippen molar-refractivity contribution in [2.75, 3.05) is 23.8 Å². The van der Waals surface area contributed by atoms with E-state index in [1.807, 2.05) is 12.1 Å². The standard InChI is InChI=1S/C15H22N2O2/c1-3-10-17(11-8-9-11)13-7-5-6-12(14(13)16)15(18)19-4-2/h5-7,11H,3-4,8-10,16H2,1-2H3. The van der Waals surface area contributed by atoms with Crippen LogP contribution < -0.4 is 10.6 Å². The van der Waals surface area contributed by atoms with Gasteiger partial charge in [0.1, 0.15) is 0 Å². The molecular weight excluding hydrogens is 240 g/mol. The molecular formula is C15H22N2O2. The summed E-state index contributed by atoms with van der Waals surface area (Å²) in [5.41, 5.74) is 8.15. The van der Waals surface area contributed by atoms with Crippen molar-refractivity contribution in [2.45, 2.75) is 39.2 Å². The number of anilines is 2. The van der Waals surface area contributed by atoms with E-state index in [1.54, 1.807) is 13.0 Å². The van der Waals surface area contributed by atoms with Crippen LogP contribution in [0.25, 0.3) is 0 Å². The van der Waals surface area contributed by atoms with E-state index in [0.29, 0.717) is 23.9 Å². The predicted molar refractivity (Wildman–Crippen MR) is 77.5 cm³/mol. The lowest BCUT2D eigenvalue weighted by atomic mass is 10.1. The van der Waals surface area contributed by atoms with Crippen LogP contribution >= 0.6 is 0 Å². The third-order valence-corrected chi connectivity index (χ3v) is 3.34. The zero-order valence-corrected chi connectivity index (χ0v) is 11.7. The first-order valence-electron chi connectivity index (χ1n) is 7.01. The molecule has 2 N–H and O–H groups in total. The topological polar surface area (TPSA) is 55.6 Å². The maximum atomic E-state index is 11.9. The number of nitrogen functional groups attached to an aromatic ring is 1. The highest BCUT2D eigenvalue weighted by Crippen LogP contribution is 2.36. The van der Waals surface area contributed by atoms with Gasteiger partial charge in [0.05, 0.1) is 23.5 Å². The van der Waals surface area contributed by atoms with Crippen molar-refractivity contribution in [1.29, 1.82) is 0 Å². The Morgan fingerprint density at radius 2 is 2.16 bits per heavy atom.